The minimum absolute atomic E-state index is 0.00456. The molecule has 1 amide bonds. The van der Waals surface area contributed by atoms with Gasteiger partial charge in [0.25, 0.3) is 15.9 Å². The van der Waals surface area contributed by atoms with Crippen LogP contribution in [0.3, 0.4) is 0 Å². The van der Waals surface area contributed by atoms with Gasteiger partial charge in [0.05, 0.1) is 10.9 Å². The normalized spacial score (nSPS) is 12.1. The van der Waals surface area contributed by atoms with Crippen LogP contribution < -0.4 is 4.74 Å². The molecule has 0 aliphatic carbocycles. The van der Waals surface area contributed by atoms with E-state index in [2.05, 4.69) is 6.58 Å². The van der Waals surface area contributed by atoms with Crippen molar-refractivity contribution in [1.82, 2.24) is 4.31 Å². The molecule has 0 bridgehead atoms. The summed E-state index contributed by atoms with van der Waals surface area (Å²) >= 11 is 0. The molecule has 0 radical (unpaired) electrons. The molecule has 5 nitrogen and oxygen atoms in total. The van der Waals surface area contributed by atoms with E-state index in [0.29, 0.717) is 11.3 Å². The standard InChI is InChI=1S/C27H29NO4S/c1-19-14-16-25(17-15-19)33(30,31)28(27(29)23(5)24-12-7-6-8-13-24)22(4)18-32-26-20(2)10-9-11-21(26)3/h6-17,22H,5,18H2,1-4H3. The van der Waals surface area contributed by atoms with Gasteiger partial charge in [-0.25, -0.2) is 12.7 Å². The predicted octanol–water partition coefficient (Wildman–Crippen LogP) is 5.31. The van der Waals surface area contributed by atoms with Crippen LogP contribution in [-0.4, -0.2) is 31.3 Å². The van der Waals surface area contributed by atoms with Crippen LogP contribution >= 0.6 is 0 Å². The largest absolute Gasteiger partial charge is 0.491 e. The Morgan fingerprint density at radius 2 is 1.48 bits per heavy atom. The van der Waals surface area contributed by atoms with Gasteiger partial charge in [0, 0.05) is 5.57 Å². The molecule has 3 aromatic rings. The number of ether oxygens (including phenoxy) is 1. The summed E-state index contributed by atoms with van der Waals surface area (Å²) < 4.78 is 34.1. The Labute approximate surface area is 196 Å². The molecule has 6 heteroatoms. The molecule has 0 saturated heterocycles. The molecule has 0 saturated carbocycles. The van der Waals surface area contributed by atoms with Crippen molar-refractivity contribution >= 4 is 21.5 Å². The smallest absolute Gasteiger partial charge is 0.267 e. The van der Waals surface area contributed by atoms with Gasteiger partial charge in [-0.15, -0.1) is 0 Å². The molecule has 33 heavy (non-hydrogen) atoms. The van der Waals surface area contributed by atoms with Gasteiger partial charge in [-0.2, -0.15) is 0 Å². The highest BCUT2D eigenvalue weighted by atomic mass is 32.2. The monoisotopic (exact) mass is 463 g/mol. The Balaban J connectivity index is 1.98. The highest BCUT2D eigenvalue weighted by Crippen LogP contribution is 2.27. The first-order valence-corrected chi connectivity index (χ1v) is 12.2. The van der Waals surface area contributed by atoms with E-state index >= 15 is 0 Å². The molecular weight excluding hydrogens is 434 g/mol. The van der Waals surface area contributed by atoms with E-state index in [1.807, 2.05) is 45.0 Å². The Morgan fingerprint density at radius 1 is 0.909 bits per heavy atom. The number of nitrogens with zero attached hydrogens (tertiary/aromatic N) is 1. The highest BCUT2D eigenvalue weighted by molar-refractivity contribution is 7.89. The Bertz CT molecular complexity index is 1230. The number of aryl methyl sites for hydroxylation is 3. The molecule has 0 spiro atoms. The SMILES string of the molecule is C=C(C(=O)N(C(C)COc1c(C)cccc1C)S(=O)(=O)c1ccc(C)cc1)c1ccccc1. The summed E-state index contributed by atoms with van der Waals surface area (Å²) in [5, 5.41) is 0. The summed E-state index contributed by atoms with van der Waals surface area (Å²) in [6, 6.07) is 20.3. The molecule has 0 aliphatic rings. The number of carbonyl (C=O) groups excluding carboxylic acids is 1. The van der Waals surface area contributed by atoms with Gasteiger partial charge in [0.2, 0.25) is 0 Å². The van der Waals surface area contributed by atoms with Crippen LogP contribution in [0.5, 0.6) is 5.75 Å². The number of hydrogen-bond acceptors (Lipinski definition) is 4. The number of benzene rings is 3. The van der Waals surface area contributed by atoms with Crippen molar-refractivity contribution in [3.05, 3.63) is 102 Å². The lowest BCUT2D eigenvalue weighted by Crippen LogP contribution is -2.46. The van der Waals surface area contributed by atoms with E-state index in [0.717, 1.165) is 21.0 Å². The molecule has 0 aliphatic heterocycles. The number of para-hydroxylation sites is 1. The first-order valence-electron chi connectivity index (χ1n) is 10.7. The molecule has 1 atom stereocenters. The first kappa shape index (κ1) is 24.3. The third kappa shape index (κ3) is 5.34. The van der Waals surface area contributed by atoms with Crippen LogP contribution in [0.25, 0.3) is 5.57 Å². The fourth-order valence-corrected chi connectivity index (χ4v) is 5.13. The molecule has 0 fully saturated rings. The zero-order chi connectivity index (χ0) is 24.2. The highest BCUT2D eigenvalue weighted by Gasteiger charge is 2.35. The zero-order valence-electron chi connectivity index (χ0n) is 19.4. The van der Waals surface area contributed by atoms with Crippen molar-refractivity contribution in [1.29, 1.82) is 0 Å². The van der Waals surface area contributed by atoms with Crippen molar-refractivity contribution in [2.75, 3.05) is 6.61 Å². The van der Waals surface area contributed by atoms with Gasteiger partial charge in [-0.1, -0.05) is 72.8 Å². The van der Waals surface area contributed by atoms with Gasteiger partial charge in [-0.3, -0.25) is 4.79 Å². The van der Waals surface area contributed by atoms with Crippen LogP contribution in [0.15, 0.2) is 84.3 Å². The van der Waals surface area contributed by atoms with E-state index in [4.69, 9.17) is 4.74 Å². The van der Waals surface area contributed by atoms with E-state index in [1.54, 1.807) is 43.3 Å². The van der Waals surface area contributed by atoms with Crippen LogP contribution in [0, 0.1) is 20.8 Å². The van der Waals surface area contributed by atoms with Crippen LogP contribution in [0.2, 0.25) is 0 Å². The minimum Gasteiger partial charge on any atom is -0.491 e. The lowest BCUT2D eigenvalue weighted by atomic mass is 10.1. The lowest BCUT2D eigenvalue weighted by Gasteiger charge is -2.29. The predicted molar refractivity (Wildman–Crippen MR) is 132 cm³/mol. The Morgan fingerprint density at radius 3 is 2.06 bits per heavy atom. The van der Waals surface area contributed by atoms with E-state index in [9.17, 15) is 13.2 Å². The second-order valence-electron chi connectivity index (χ2n) is 8.14. The van der Waals surface area contributed by atoms with Gasteiger partial charge in [0.15, 0.2) is 0 Å². The maximum atomic E-state index is 13.6. The second kappa shape index (κ2) is 10.0. The third-order valence-corrected chi connectivity index (χ3v) is 7.35. The summed E-state index contributed by atoms with van der Waals surface area (Å²) in [4.78, 5) is 13.6. The second-order valence-corrected chi connectivity index (χ2v) is 9.96. The molecule has 3 rings (SSSR count). The fraction of sp³-hybridized carbons (Fsp3) is 0.222. The quantitative estimate of drug-likeness (QED) is 0.425. The Hall–Kier alpha value is -3.38. The van der Waals surface area contributed by atoms with E-state index in [-0.39, 0.29) is 17.1 Å². The molecule has 1 unspecified atom stereocenters. The van der Waals surface area contributed by atoms with Crippen LogP contribution in [-0.2, 0) is 14.8 Å². The summed E-state index contributed by atoms with van der Waals surface area (Å²) in [5.74, 6) is 0.00532. The maximum Gasteiger partial charge on any atom is 0.267 e. The van der Waals surface area contributed by atoms with Gasteiger partial charge < -0.3 is 4.74 Å². The van der Waals surface area contributed by atoms with Gasteiger partial charge >= 0.3 is 0 Å². The summed E-state index contributed by atoms with van der Waals surface area (Å²) in [6.07, 6.45) is 0. The van der Waals surface area contributed by atoms with Crippen molar-refractivity contribution in [2.45, 2.75) is 38.6 Å². The topological polar surface area (TPSA) is 63.7 Å². The minimum atomic E-state index is -4.15. The molecule has 172 valence electrons. The summed E-state index contributed by atoms with van der Waals surface area (Å²) in [6.45, 7) is 11.3. The van der Waals surface area contributed by atoms with E-state index in [1.165, 1.54) is 12.1 Å². The van der Waals surface area contributed by atoms with Crippen LogP contribution in [0.4, 0.5) is 0 Å². The van der Waals surface area contributed by atoms with Crippen molar-refractivity contribution in [2.24, 2.45) is 0 Å². The molecular formula is C27H29NO4S. The molecule has 0 N–H and O–H groups in total. The van der Waals surface area contributed by atoms with Crippen molar-refractivity contribution in [3.63, 3.8) is 0 Å². The van der Waals surface area contributed by atoms with Gasteiger partial charge in [-0.05, 0) is 56.5 Å². The van der Waals surface area contributed by atoms with Gasteiger partial charge in [0.1, 0.15) is 12.4 Å². The number of sulfonamides is 1. The van der Waals surface area contributed by atoms with Crippen molar-refractivity contribution in [3.8, 4) is 5.75 Å². The average molecular weight is 464 g/mol. The van der Waals surface area contributed by atoms with E-state index < -0.39 is 22.0 Å². The number of rotatable bonds is 8. The lowest BCUT2D eigenvalue weighted by molar-refractivity contribution is -0.122. The number of amides is 1. The summed E-state index contributed by atoms with van der Waals surface area (Å²) in [7, 11) is -4.15. The molecule has 3 aromatic carbocycles. The first-order chi connectivity index (χ1) is 15.6. The Kier molecular flexibility index (Phi) is 7.39. The molecule has 0 heterocycles. The zero-order valence-corrected chi connectivity index (χ0v) is 20.2. The van der Waals surface area contributed by atoms with Crippen molar-refractivity contribution < 1.29 is 17.9 Å². The molecule has 0 aromatic heterocycles. The maximum absolute atomic E-state index is 13.6. The average Bonchev–Trinajstić information content (AvgIpc) is 2.79. The van der Waals surface area contributed by atoms with Crippen LogP contribution in [0.1, 0.15) is 29.2 Å². The number of carbonyl (C=O) groups is 1. The summed E-state index contributed by atoms with van der Waals surface area (Å²) in [5.41, 5.74) is 3.47. The number of hydrogen-bond donors (Lipinski definition) is 0. The fourth-order valence-electron chi connectivity index (χ4n) is 3.56. The third-order valence-electron chi connectivity index (χ3n) is 5.44.